The van der Waals surface area contributed by atoms with Crippen LogP contribution in [0.1, 0.15) is 50.8 Å². The summed E-state index contributed by atoms with van der Waals surface area (Å²) >= 11 is 0. The second-order valence-corrected chi connectivity index (χ2v) is 7.89. The Balaban J connectivity index is 1.77. The Labute approximate surface area is 172 Å². The van der Waals surface area contributed by atoms with Crippen molar-refractivity contribution in [3.63, 3.8) is 0 Å². The van der Waals surface area contributed by atoms with E-state index in [1.54, 1.807) is 20.8 Å². The number of ether oxygens (including phenoxy) is 1. The van der Waals surface area contributed by atoms with E-state index < -0.39 is 17.8 Å². The Bertz CT molecular complexity index is 800. The van der Waals surface area contributed by atoms with Gasteiger partial charge < -0.3 is 20.5 Å². The summed E-state index contributed by atoms with van der Waals surface area (Å²) in [7, 11) is 0. The zero-order valence-corrected chi connectivity index (χ0v) is 17.3. The highest BCUT2D eigenvalue weighted by atomic mass is 16.6. The molecule has 6 nitrogen and oxygen atoms in total. The number of carbonyl (C=O) groups excluding carboxylic acids is 2. The number of hydrogen-bond donors (Lipinski definition) is 3. The molecule has 2 aromatic rings. The van der Waals surface area contributed by atoms with E-state index in [4.69, 9.17) is 4.74 Å². The Morgan fingerprint density at radius 3 is 2.48 bits per heavy atom. The molecule has 6 heteroatoms. The normalized spacial score (nSPS) is 12.1. The summed E-state index contributed by atoms with van der Waals surface area (Å²) < 4.78 is 5.13. The lowest BCUT2D eigenvalue weighted by Gasteiger charge is -2.19. The fraction of sp³-hybridized carbons (Fsp3) is 0.391. The van der Waals surface area contributed by atoms with Crippen LogP contribution in [0.25, 0.3) is 0 Å². The molecular formula is C23H30N2O4. The van der Waals surface area contributed by atoms with Crippen LogP contribution in [0.15, 0.2) is 54.6 Å². The molecule has 0 radical (unpaired) electrons. The predicted octanol–water partition coefficient (Wildman–Crippen LogP) is 4.21. The van der Waals surface area contributed by atoms with Crippen molar-refractivity contribution < 1.29 is 19.4 Å². The van der Waals surface area contributed by atoms with Crippen molar-refractivity contribution in [2.75, 3.05) is 11.9 Å². The van der Waals surface area contributed by atoms with Crippen LogP contribution in [0.4, 0.5) is 10.5 Å². The highest BCUT2D eigenvalue weighted by Gasteiger charge is 2.16. The molecule has 2 amide bonds. The zero-order valence-electron chi connectivity index (χ0n) is 17.3. The Morgan fingerprint density at radius 2 is 1.79 bits per heavy atom. The first kappa shape index (κ1) is 22.4. The Kier molecular flexibility index (Phi) is 8.21. The molecule has 0 aliphatic rings. The lowest BCUT2D eigenvalue weighted by atomic mass is 10.0. The van der Waals surface area contributed by atoms with E-state index in [9.17, 15) is 14.7 Å². The monoisotopic (exact) mass is 398 g/mol. The molecule has 1 atom stereocenters. The summed E-state index contributed by atoms with van der Waals surface area (Å²) in [4.78, 5) is 23.7. The third-order valence-corrected chi connectivity index (χ3v) is 4.12. The van der Waals surface area contributed by atoms with Gasteiger partial charge in [-0.15, -0.1) is 0 Å². The van der Waals surface area contributed by atoms with Crippen LogP contribution in [0.5, 0.6) is 0 Å². The molecule has 2 aromatic carbocycles. The number of anilines is 1. The van der Waals surface area contributed by atoms with Crippen molar-refractivity contribution in [1.82, 2.24) is 5.32 Å². The van der Waals surface area contributed by atoms with Crippen molar-refractivity contribution in [3.05, 3.63) is 65.7 Å². The fourth-order valence-corrected chi connectivity index (χ4v) is 2.77. The minimum atomic E-state index is -0.569. The SMILES string of the molecule is CC(C)(C)OC(=O)NCCC(=O)Nc1cccc(CC[C@H](O)c2ccccc2)c1. The van der Waals surface area contributed by atoms with Crippen LogP contribution in [0.3, 0.4) is 0 Å². The minimum absolute atomic E-state index is 0.149. The molecule has 0 bridgehead atoms. The predicted molar refractivity (Wildman–Crippen MR) is 114 cm³/mol. The van der Waals surface area contributed by atoms with E-state index in [-0.39, 0.29) is 18.9 Å². The summed E-state index contributed by atoms with van der Waals surface area (Å²) in [6.45, 7) is 5.55. The van der Waals surface area contributed by atoms with Gasteiger partial charge in [-0.1, -0.05) is 42.5 Å². The molecule has 0 spiro atoms. The number of amides is 2. The molecular weight excluding hydrogens is 368 g/mol. The van der Waals surface area contributed by atoms with Crippen molar-refractivity contribution in [1.29, 1.82) is 0 Å². The molecule has 0 fully saturated rings. The first-order chi connectivity index (χ1) is 13.7. The highest BCUT2D eigenvalue weighted by molar-refractivity contribution is 5.91. The van der Waals surface area contributed by atoms with E-state index in [0.717, 1.165) is 11.1 Å². The smallest absolute Gasteiger partial charge is 0.407 e. The second-order valence-electron chi connectivity index (χ2n) is 7.89. The zero-order chi connectivity index (χ0) is 21.3. The standard InChI is InChI=1S/C23H30N2O4/c1-23(2,3)29-22(28)24-15-14-21(27)25-19-11-7-8-17(16-19)12-13-20(26)18-9-5-4-6-10-18/h4-11,16,20,26H,12-15H2,1-3H3,(H,24,28)(H,25,27)/t20-/m0/s1. The number of rotatable bonds is 8. The van der Waals surface area contributed by atoms with Gasteiger partial charge in [-0.25, -0.2) is 4.79 Å². The highest BCUT2D eigenvalue weighted by Crippen LogP contribution is 2.20. The van der Waals surface area contributed by atoms with Gasteiger partial charge in [0.25, 0.3) is 0 Å². The van der Waals surface area contributed by atoms with Crippen molar-refractivity contribution in [3.8, 4) is 0 Å². The number of alkyl carbamates (subject to hydrolysis) is 1. The van der Waals surface area contributed by atoms with Gasteiger partial charge in [0.1, 0.15) is 5.60 Å². The van der Waals surface area contributed by atoms with E-state index in [1.807, 2.05) is 54.6 Å². The van der Waals surface area contributed by atoms with Crippen LogP contribution < -0.4 is 10.6 Å². The van der Waals surface area contributed by atoms with Gasteiger partial charge >= 0.3 is 6.09 Å². The van der Waals surface area contributed by atoms with Crippen molar-refractivity contribution in [2.45, 2.75) is 51.7 Å². The quantitative estimate of drug-likeness (QED) is 0.622. The van der Waals surface area contributed by atoms with Crippen LogP contribution >= 0.6 is 0 Å². The minimum Gasteiger partial charge on any atom is -0.444 e. The maximum absolute atomic E-state index is 12.1. The van der Waals surface area contributed by atoms with E-state index in [0.29, 0.717) is 18.5 Å². The maximum Gasteiger partial charge on any atom is 0.407 e. The summed E-state index contributed by atoms with van der Waals surface area (Å²) in [5.41, 5.74) is 2.05. The topological polar surface area (TPSA) is 87.7 Å². The first-order valence-corrected chi connectivity index (χ1v) is 9.81. The summed E-state index contributed by atoms with van der Waals surface area (Å²) in [6.07, 6.45) is 0.384. The average molecular weight is 399 g/mol. The Hall–Kier alpha value is -2.86. The second kappa shape index (κ2) is 10.6. The van der Waals surface area contributed by atoms with Crippen molar-refractivity contribution >= 4 is 17.7 Å². The largest absolute Gasteiger partial charge is 0.444 e. The molecule has 0 aliphatic carbocycles. The summed E-state index contributed by atoms with van der Waals surface area (Å²) in [6, 6.07) is 17.1. The molecule has 2 rings (SSSR count). The lowest BCUT2D eigenvalue weighted by molar-refractivity contribution is -0.116. The Morgan fingerprint density at radius 1 is 1.07 bits per heavy atom. The summed E-state index contributed by atoms with van der Waals surface area (Å²) in [5, 5.41) is 15.7. The fourth-order valence-electron chi connectivity index (χ4n) is 2.77. The first-order valence-electron chi connectivity index (χ1n) is 9.81. The van der Waals surface area contributed by atoms with Crippen LogP contribution in [-0.4, -0.2) is 29.3 Å². The molecule has 0 heterocycles. The third kappa shape index (κ3) is 8.79. The van der Waals surface area contributed by atoms with E-state index in [1.165, 1.54) is 0 Å². The lowest BCUT2D eigenvalue weighted by Crippen LogP contribution is -2.34. The molecule has 0 aliphatic heterocycles. The van der Waals surface area contributed by atoms with Gasteiger partial charge in [-0.3, -0.25) is 4.79 Å². The van der Waals surface area contributed by atoms with Crippen LogP contribution in [-0.2, 0) is 16.0 Å². The molecule has 0 saturated carbocycles. The molecule has 156 valence electrons. The third-order valence-electron chi connectivity index (χ3n) is 4.12. The van der Waals surface area contributed by atoms with Gasteiger partial charge in [-0.05, 0) is 56.9 Å². The molecule has 29 heavy (non-hydrogen) atoms. The number of benzene rings is 2. The summed E-state index contributed by atoms with van der Waals surface area (Å²) in [5.74, 6) is -0.192. The number of aryl methyl sites for hydroxylation is 1. The van der Waals surface area contributed by atoms with Gasteiger partial charge in [0.15, 0.2) is 0 Å². The number of carbonyl (C=O) groups is 2. The van der Waals surface area contributed by atoms with Gasteiger partial charge in [0.2, 0.25) is 5.91 Å². The molecule has 0 aromatic heterocycles. The van der Waals surface area contributed by atoms with Gasteiger partial charge in [0, 0.05) is 18.7 Å². The number of aliphatic hydroxyl groups is 1. The van der Waals surface area contributed by atoms with Gasteiger partial charge in [-0.2, -0.15) is 0 Å². The molecule has 0 saturated heterocycles. The van der Waals surface area contributed by atoms with E-state index >= 15 is 0 Å². The molecule has 3 N–H and O–H groups in total. The van der Waals surface area contributed by atoms with Crippen molar-refractivity contribution in [2.24, 2.45) is 0 Å². The number of nitrogens with one attached hydrogen (secondary N) is 2. The molecule has 0 unspecified atom stereocenters. The van der Waals surface area contributed by atoms with Crippen LogP contribution in [0, 0.1) is 0 Å². The van der Waals surface area contributed by atoms with Gasteiger partial charge in [0.05, 0.1) is 6.10 Å². The average Bonchev–Trinajstić information content (AvgIpc) is 2.65. The van der Waals surface area contributed by atoms with Crippen LogP contribution in [0.2, 0.25) is 0 Å². The number of aliphatic hydroxyl groups excluding tert-OH is 1. The number of hydrogen-bond acceptors (Lipinski definition) is 4. The van der Waals surface area contributed by atoms with E-state index in [2.05, 4.69) is 10.6 Å². The maximum atomic E-state index is 12.1.